The third kappa shape index (κ3) is 4.50. The molecule has 0 bridgehead atoms. The van der Waals surface area contributed by atoms with Gasteiger partial charge in [0.15, 0.2) is 0 Å². The summed E-state index contributed by atoms with van der Waals surface area (Å²) in [6.07, 6.45) is 3.48. The van der Waals surface area contributed by atoms with E-state index in [-0.39, 0.29) is 5.91 Å². The van der Waals surface area contributed by atoms with E-state index < -0.39 is 0 Å². The van der Waals surface area contributed by atoms with Crippen LogP contribution in [0.3, 0.4) is 0 Å². The van der Waals surface area contributed by atoms with Gasteiger partial charge in [0.2, 0.25) is 0 Å². The highest BCUT2D eigenvalue weighted by Crippen LogP contribution is 2.40. The van der Waals surface area contributed by atoms with Crippen molar-refractivity contribution in [3.05, 3.63) is 83.9 Å². The summed E-state index contributed by atoms with van der Waals surface area (Å²) in [5.41, 5.74) is 6.49. The van der Waals surface area contributed by atoms with Gasteiger partial charge >= 0.3 is 0 Å². The lowest BCUT2D eigenvalue weighted by Gasteiger charge is -2.26. The molecule has 5 nitrogen and oxygen atoms in total. The highest BCUT2D eigenvalue weighted by molar-refractivity contribution is 7.99. The van der Waals surface area contributed by atoms with Crippen LogP contribution in [0.4, 0.5) is 11.4 Å². The zero-order valence-corrected chi connectivity index (χ0v) is 18.0. The number of hydrogen-bond donors (Lipinski definition) is 2. The molecule has 0 spiro atoms. The molecule has 0 atom stereocenters. The predicted molar refractivity (Wildman–Crippen MR) is 126 cm³/mol. The summed E-state index contributed by atoms with van der Waals surface area (Å²) in [5, 5.41) is 5.48. The number of amides is 1. The first-order valence-electron chi connectivity index (χ1n) is 10.6. The number of fused-ring (bicyclic) bond motifs is 2. The molecule has 31 heavy (non-hydrogen) atoms. The average molecular weight is 429 g/mol. The molecule has 6 heteroatoms. The molecule has 2 aliphatic rings. The van der Waals surface area contributed by atoms with E-state index in [1.807, 2.05) is 65.7 Å². The maximum Gasteiger partial charge on any atom is 0.265 e. The standard InChI is InChI=1S/C25H24N4OS/c30-25(28-29-15-7-2-8-16-29)18-13-14-23-21(17-18)27-24(26-19-9-3-1-4-10-19)20-11-5-6-12-22(20)31-23/h1,3-6,9-14,17H,2,7-8,15-16H2,(H,26,27)(H,28,30). The summed E-state index contributed by atoms with van der Waals surface area (Å²) in [6.45, 7) is 1.82. The average Bonchev–Trinajstić information content (AvgIpc) is 2.96. The minimum atomic E-state index is -0.0794. The van der Waals surface area contributed by atoms with Gasteiger partial charge in [-0.3, -0.25) is 10.2 Å². The van der Waals surface area contributed by atoms with Crippen LogP contribution >= 0.6 is 11.8 Å². The van der Waals surface area contributed by atoms with E-state index in [1.54, 1.807) is 11.8 Å². The maximum atomic E-state index is 12.9. The summed E-state index contributed by atoms with van der Waals surface area (Å²) >= 11 is 1.68. The van der Waals surface area contributed by atoms with Crippen LogP contribution in [0.5, 0.6) is 0 Å². The van der Waals surface area contributed by atoms with Gasteiger partial charge in [-0.2, -0.15) is 0 Å². The molecule has 0 saturated carbocycles. The van der Waals surface area contributed by atoms with Gasteiger partial charge in [-0.15, -0.1) is 0 Å². The normalized spacial score (nSPS) is 15.8. The van der Waals surface area contributed by atoms with Crippen molar-refractivity contribution in [2.45, 2.75) is 29.1 Å². The number of benzene rings is 3. The van der Waals surface area contributed by atoms with E-state index in [2.05, 4.69) is 22.9 Å². The van der Waals surface area contributed by atoms with Crippen molar-refractivity contribution in [2.75, 3.05) is 18.4 Å². The predicted octanol–water partition coefficient (Wildman–Crippen LogP) is 5.47. The molecular weight excluding hydrogens is 404 g/mol. The Morgan fingerprint density at radius 2 is 1.65 bits per heavy atom. The first-order valence-corrected chi connectivity index (χ1v) is 11.5. The third-order valence-electron chi connectivity index (χ3n) is 5.47. The molecule has 2 N–H and O–H groups in total. The second-order valence-corrected chi connectivity index (χ2v) is 8.80. The highest BCUT2D eigenvalue weighted by Gasteiger charge is 2.20. The van der Waals surface area contributed by atoms with Crippen molar-refractivity contribution in [1.82, 2.24) is 10.4 Å². The van der Waals surface area contributed by atoms with Crippen molar-refractivity contribution in [2.24, 2.45) is 4.99 Å². The number of aliphatic imine (C=N–C) groups is 1. The summed E-state index contributed by atoms with van der Waals surface area (Å²) < 4.78 is 0. The molecule has 3 aromatic carbocycles. The van der Waals surface area contributed by atoms with Gasteiger partial charge in [0.1, 0.15) is 5.84 Å². The van der Waals surface area contributed by atoms with Gasteiger partial charge in [0, 0.05) is 39.7 Å². The lowest BCUT2D eigenvalue weighted by molar-refractivity contribution is 0.0750. The van der Waals surface area contributed by atoms with Gasteiger partial charge in [0.05, 0.1) is 5.69 Å². The first-order chi connectivity index (χ1) is 15.3. The molecule has 0 aliphatic carbocycles. The second-order valence-electron chi connectivity index (χ2n) is 7.72. The number of carbonyl (C=O) groups excluding carboxylic acids is 1. The van der Waals surface area contributed by atoms with Crippen LogP contribution in [-0.4, -0.2) is 29.8 Å². The number of nitrogens with one attached hydrogen (secondary N) is 2. The van der Waals surface area contributed by atoms with Crippen LogP contribution in [0, 0.1) is 0 Å². The Morgan fingerprint density at radius 3 is 2.48 bits per heavy atom. The molecule has 0 aromatic heterocycles. The molecule has 1 amide bonds. The smallest absolute Gasteiger partial charge is 0.265 e. The lowest BCUT2D eigenvalue weighted by atomic mass is 10.1. The van der Waals surface area contributed by atoms with Crippen LogP contribution < -0.4 is 10.7 Å². The minimum absolute atomic E-state index is 0.0794. The molecule has 5 rings (SSSR count). The molecule has 0 radical (unpaired) electrons. The fraction of sp³-hybridized carbons (Fsp3) is 0.200. The number of anilines is 1. The minimum Gasteiger partial charge on any atom is -0.340 e. The van der Waals surface area contributed by atoms with Crippen molar-refractivity contribution in [3.63, 3.8) is 0 Å². The summed E-state index contributed by atoms with van der Waals surface area (Å²) in [5.74, 6) is 0.700. The van der Waals surface area contributed by atoms with Crippen LogP contribution in [0.25, 0.3) is 0 Å². The molecule has 3 aromatic rings. The number of piperidine rings is 1. The van der Waals surface area contributed by atoms with Crippen molar-refractivity contribution < 1.29 is 4.79 Å². The van der Waals surface area contributed by atoms with E-state index in [0.29, 0.717) is 5.56 Å². The van der Waals surface area contributed by atoms with E-state index in [4.69, 9.17) is 4.99 Å². The molecule has 1 saturated heterocycles. The van der Waals surface area contributed by atoms with E-state index in [0.717, 1.165) is 58.5 Å². The Kier molecular flexibility index (Phi) is 5.74. The summed E-state index contributed by atoms with van der Waals surface area (Å²) in [6, 6.07) is 24.0. The molecule has 2 aliphatic heterocycles. The lowest BCUT2D eigenvalue weighted by Crippen LogP contribution is -2.45. The third-order valence-corrected chi connectivity index (χ3v) is 6.61. The Morgan fingerprint density at radius 1 is 0.871 bits per heavy atom. The van der Waals surface area contributed by atoms with Crippen LogP contribution in [0.2, 0.25) is 0 Å². The van der Waals surface area contributed by atoms with Crippen LogP contribution in [0.1, 0.15) is 35.2 Å². The van der Waals surface area contributed by atoms with E-state index in [9.17, 15) is 4.79 Å². The van der Waals surface area contributed by atoms with Crippen molar-refractivity contribution in [3.8, 4) is 0 Å². The van der Waals surface area contributed by atoms with Gasteiger partial charge in [0.25, 0.3) is 5.91 Å². The molecule has 1 fully saturated rings. The second kappa shape index (κ2) is 8.96. The van der Waals surface area contributed by atoms with Crippen LogP contribution in [0.15, 0.2) is 87.6 Å². The first kappa shape index (κ1) is 19.8. The van der Waals surface area contributed by atoms with Gasteiger partial charge in [-0.05, 0) is 49.2 Å². The van der Waals surface area contributed by atoms with Gasteiger partial charge in [-0.1, -0.05) is 54.6 Å². The van der Waals surface area contributed by atoms with Gasteiger partial charge in [-0.25, -0.2) is 10.0 Å². The Bertz CT molecular complexity index is 1120. The van der Waals surface area contributed by atoms with Crippen molar-refractivity contribution in [1.29, 1.82) is 0 Å². The van der Waals surface area contributed by atoms with Gasteiger partial charge < -0.3 is 5.32 Å². The number of rotatable bonds is 3. The summed E-state index contributed by atoms with van der Waals surface area (Å²) in [4.78, 5) is 20.0. The monoisotopic (exact) mass is 428 g/mol. The fourth-order valence-electron chi connectivity index (χ4n) is 3.85. The van der Waals surface area contributed by atoms with Crippen molar-refractivity contribution >= 4 is 34.9 Å². The topological polar surface area (TPSA) is 56.7 Å². The number of hydrogen-bond acceptors (Lipinski definition) is 5. The zero-order valence-electron chi connectivity index (χ0n) is 17.2. The Labute approximate surface area is 186 Å². The Hall–Kier alpha value is -3.09. The Balaban J connectivity index is 1.48. The molecule has 0 unspecified atom stereocenters. The van der Waals surface area contributed by atoms with Crippen LogP contribution in [-0.2, 0) is 0 Å². The number of carbonyl (C=O) groups is 1. The van der Waals surface area contributed by atoms with E-state index in [1.165, 1.54) is 6.42 Å². The molecule has 156 valence electrons. The molecule has 2 heterocycles. The number of nitrogens with zero attached hydrogens (tertiary/aromatic N) is 2. The maximum absolute atomic E-state index is 12.9. The number of amidine groups is 1. The fourth-order valence-corrected chi connectivity index (χ4v) is 4.85. The largest absolute Gasteiger partial charge is 0.340 e. The van der Waals surface area contributed by atoms with E-state index >= 15 is 0 Å². The zero-order chi connectivity index (χ0) is 21.0. The quantitative estimate of drug-likeness (QED) is 0.581. The summed E-state index contributed by atoms with van der Waals surface area (Å²) in [7, 11) is 0. The number of para-hydroxylation sites is 1. The highest BCUT2D eigenvalue weighted by atomic mass is 32.2. The SMILES string of the molecule is O=C(NN1CCCCC1)c1ccc2c(c1)N=C(Nc1ccccc1)c1ccccc1S2. The number of hydrazine groups is 1. The molecular formula is C25H24N4OS.